The molecule has 0 radical (unpaired) electrons. The smallest absolute Gasteiger partial charge is 0.348 e. The number of aliphatic carboxylic acids is 2. The maximum Gasteiger partial charge on any atom is 0.348 e. The maximum absolute atomic E-state index is 11.5. The Morgan fingerprint density at radius 2 is 1.70 bits per heavy atom. The van der Waals surface area contributed by atoms with Crippen molar-refractivity contribution in [3.8, 4) is 0 Å². The maximum atomic E-state index is 11.5. The van der Waals surface area contributed by atoms with E-state index in [1.54, 1.807) is 39.0 Å². The fraction of sp³-hybridized carbons (Fsp3) is 0.467. The molecule has 0 amide bonds. The predicted octanol–water partition coefficient (Wildman–Crippen LogP) is 2.26. The van der Waals surface area contributed by atoms with Gasteiger partial charge in [0.15, 0.2) is 0 Å². The number of carbonyl (C=O) groups is 2. The summed E-state index contributed by atoms with van der Waals surface area (Å²) in [6.45, 7) is 6.74. The van der Waals surface area contributed by atoms with Crippen LogP contribution in [0.1, 0.15) is 31.9 Å². The zero-order valence-electron chi connectivity index (χ0n) is 12.1. The molecule has 5 heteroatoms. The molecule has 0 fully saturated rings. The Hall–Kier alpha value is -1.88. The summed E-state index contributed by atoms with van der Waals surface area (Å²) in [5, 5.41) is 18.8. The minimum Gasteiger partial charge on any atom is -0.479 e. The summed E-state index contributed by atoms with van der Waals surface area (Å²) in [6, 6.07) is 7.07. The van der Waals surface area contributed by atoms with Gasteiger partial charge in [-0.3, -0.25) is 0 Å². The predicted molar refractivity (Wildman–Crippen MR) is 73.7 cm³/mol. The van der Waals surface area contributed by atoms with Gasteiger partial charge in [0.1, 0.15) is 0 Å². The fourth-order valence-electron chi connectivity index (χ4n) is 2.00. The van der Waals surface area contributed by atoms with Gasteiger partial charge in [0.05, 0.1) is 5.60 Å². The monoisotopic (exact) mass is 280 g/mol. The van der Waals surface area contributed by atoms with Crippen molar-refractivity contribution in [1.29, 1.82) is 0 Å². The van der Waals surface area contributed by atoms with E-state index in [4.69, 9.17) is 4.74 Å². The zero-order chi connectivity index (χ0) is 15.6. The summed E-state index contributed by atoms with van der Waals surface area (Å²) in [6.07, 6.45) is -0.226. The Kier molecular flexibility index (Phi) is 4.55. The normalized spacial score (nSPS) is 12.2. The molecule has 110 valence electrons. The summed E-state index contributed by atoms with van der Waals surface area (Å²) in [5.74, 6) is -3.00. The third kappa shape index (κ3) is 3.81. The van der Waals surface area contributed by atoms with Crippen LogP contribution >= 0.6 is 0 Å². The molecule has 0 bridgehead atoms. The highest BCUT2D eigenvalue weighted by molar-refractivity contribution is 6.02. The molecule has 0 saturated heterocycles. The van der Waals surface area contributed by atoms with Crippen LogP contribution in [0.5, 0.6) is 0 Å². The Labute approximate surface area is 118 Å². The van der Waals surface area contributed by atoms with Gasteiger partial charge in [0, 0.05) is 6.42 Å². The largest absolute Gasteiger partial charge is 0.479 e. The Morgan fingerprint density at radius 1 is 1.15 bits per heavy atom. The van der Waals surface area contributed by atoms with Crippen LogP contribution in [-0.4, -0.2) is 33.4 Å². The Morgan fingerprint density at radius 3 is 2.10 bits per heavy atom. The highest BCUT2D eigenvalue weighted by Crippen LogP contribution is 2.26. The van der Waals surface area contributed by atoms with E-state index < -0.39 is 23.1 Å². The standard InChI is InChI=1S/C15H20O5/c1-10-6-5-7-11(8-10)9-15(12(16)17,13(18)19)20-14(2,3)4/h5-8H,9H2,1-4H3,(H,16,17)(H,18,19). The van der Waals surface area contributed by atoms with E-state index in [-0.39, 0.29) is 6.42 Å². The molecule has 1 aromatic carbocycles. The Balaban J connectivity index is 3.23. The molecule has 0 aromatic heterocycles. The van der Waals surface area contributed by atoms with Gasteiger partial charge in [0.2, 0.25) is 0 Å². The number of hydrogen-bond acceptors (Lipinski definition) is 3. The lowest BCUT2D eigenvalue weighted by atomic mass is 9.92. The first kappa shape index (κ1) is 16.2. The molecule has 0 heterocycles. The summed E-state index contributed by atoms with van der Waals surface area (Å²) in [5.41, 5.74) is -1.63. The Bertz CT molecular complexity index is 499. The van der Waals surface area contributed by atoms with E-state index in [2.05, 4.69) is 0 Å². The molecule has 1 aromatic rings. The van der Waals surface area contributed by atoms with Gasteiger partial charge in [-0.15, -0.1) is 0 Å². The SMILES string of the molecule is Cc1cccc(CC(OC(C)(C)C)(C(=O)O)C(=O)O)c1. The van der Waals surface area contributed by atoms with Gasteiger partial charge >= 0.3 is 11.9 Å². The molecule has 0 aliphatic heterocycles. The zero-order valence-corrected chi connectivity index (χ0v) is 12.1. The minimum absolute atomic E-state index is 0.226. The van der Waals surface area contributed by atoms with E-state index in [0.29, 0.717) is 5.56 Å². The van der Waals surface area contributed by atoms with E-state index in [1.807, 2.05) is 13.0 Å². The van der Waals surface area contributed by atoms with E-state index in [0.717, 1.165) is 5.56 Å². The molecular formula is C15H20O5. The number of aryl methyl sites for hydroxylation is 1. The van der Waals surface area contributed by atoms with Crippen molar-refractivity contribution in [2.24, 2.45) is 0 Å². The first-order valence-corrected chi connectivity index (χ1v) is 6.29. The molecule has 0 atom stereocenters. The van der Waals surface area contributed by atoms with Crippen molar-refractivity contribution in [1.82, 2.24) is 0 Å². The van der Waals surface area contributed by atoms with Crippen LogP contribution < -0.4 is 0 Å². The van der Waals surface area contributed by atoms with Crippen LogP contribution in [0.2, 0.25) is 0 Å². The van der Waals surface area contributed by atoms with E-state index >= 15 is 0 Å². The van der Waals surface area contributed by atoms with Crippen LogP contribution in [-0.2, 0) is 20.7 Å². The van der Waals surface area contributed by atoms with Crippen molar-refractivity contribution in [2.75, 3.05) is 0 Å². The lowest BCUT2D eigenvalue weighted by molar-refractivity contribution is -0.199. The fourth-order valence-corrected chi connectivity index (χ4v) is 2.00. The third-order valence-corrected chi connectivity index (χ3v) is 2.71. The van der Waals surface area contributed by atoms with Crippen molar-refractivity contribution >= 4 is 11.9 Å². The quantitative estimate of drug-likeness (QED) is 0.808. The van der Waals surface area contributed by atoms with Crippen LogP contribution in [0.15, 0.2) is 24.3 Å². The molecule has 0 spiro atoms. The number of ether oxygens (including phenoxy) is 1. The van der Waals surface area contributed by atoms with Gasteiger partial charge < -0.3 is 14.9 Å². The second kappa shape index (κ2) is 5.63. The average molecular weight is 280 g/mol. The lowest BCUT2D eigenvalue weighted by Crippen LogP contribution is -2.54. The molecule has 0 unspecified atom stereocenters. The lowest BCUT2D eigenvalue weighted by Gasteiger charge is -2.33. The summed E-state index contributed by atoms with van der Waals surface area (Å²) in [7, 11) is 0. The van der Waals surface area contributed by atoms with Crippen molar-refractivity contribution in [2.45, 2.75) is 45.3 Å². The van der Waals surface area contributed by atoms with E-state index in [1.165, 1.54) is 0 Å². The van der Waals surface area contributed by atoms with Gasteiger partial charge in [-0.2, -0.15) is 0 Å². The number of hydrogen-bond donors (Lipinski definition) is 2. The molecule has 0 aliphatic rings. The van der Waals surface area contributed by atoms with Crippen molar-refractivity contribution < 1.29 is 24.5 Å². The summed E-state index contributed by atoms with van der Waals surface area (Å²) in [4.78, 5) is 23.0. The van der Waals surface area contributed by atoms with Crippen LogP contribution in [0.4, 0.5) is 0 Å². The molecule has 0 saturated carbocycles. The second-order valence-electron chi connectivity index (χ2n) is 5.82. The van der Waals surface area contributed by atoms with Gasteiger partial charge in [0.25, 0.3) is 5.60 Å². The molecule has 0 aliphatic carbocycles. The van der Waals surface area contributed by atoms with E-state index in [9.17, 15) is 19.8 Å². The summed E-state index contributed by atoms with van der Waals surface area (Å²) >= 11 is 0. The number of carboxylic acids is 2. The first-order valence-electron chi connectivity index (χ1n) is 6.29. The van der Waals surface area contributed by atoms with Gasteiger partial charge in [-0.05, 0) is 33.3 Å². The third-order valence-electron chi connectivity index (χ3n) is 2.71. The number of rotatable bonds is 5. The van der Waals surface area contributed by atoms with Crippen LogP contribution in [0.3, 0.4) is 0 Å². The molecule has 5 nitrogen and oxygen atoms in total. The van der Waals surface area contributed by atoms with Crippen LogP contribution in [0.25, 0.3) is 0 Å². The van der Waals surface area contributed by atoms with Gasteiger partial charge in [-0.1, -0.05) is 29.8 Å². The average Bonchev–Trinajstić information content (AvgIpc) is 2.25. The molecule has 2 N–H and O–H groups in total. The topological polar surface area (TPSA) is 83.8 Å². The number of carboxylic acid groups (broad SMARTS) is 2. The minimum atomic E-state index is -2.29. The van der Waals surface area contributed by atoms with Gasteiger partial charge in [-0.25, -0.2) is 9.59 Å². The van der Waals surface area contributed by atoms with Crippen molar-refractivity contribution in [3.63, 3.8) is 0 Å². The molecular weight excluding hydrogens is 260 g/mol. The second-order valence-corrected chi connectivity index (χ2v) is 5.82. The summed E-state index contributed by atoms with van der Waals surface area (Å²) < 4.78 is 5.39. The first-order chi connectivity index (χ1) is 9.07. The molecule has 1 rings (SSSR count). The molecule has 20 heavy (non-hydrogen) atoms. The highest BCUT2D eigenvalue weighted by Gasteiger charge is 2.50. The highest BCUT2D eigenvalue weighted by atomic mass is 16.6. The van der Waals surface area contributed by atoms with Crippen molar-refractivity contribution in [3.05, 3.63) is 35.4 Å². The number of benzene rings is 1. The van der Waals surface area contributed by atoms with Crippen LogP contribution in [0, 0.1) is 6.92 Å².